The Morgan fingerprint density at radius 2 is 1.07 bits per heavy atom. The number of halogens is 6. The molecule has 0 aliphatic rings. The van der Waals surface area contributed by atoms with Gasteiger partial charge in [0.1, 0.15) is 0 Å². The van der Waals surface area contributed by atoms with Crippen LogP contribution in [0.4, 0.5) is 26.3 Å². The van der Waals surface area contributed by atoms with E-state index < -0.39 is 22.4 Å². The first kappa shape index (κ1) is 14.9. The van der Waals surface area contributed by atoms with Crippen molar-refractivity contribution in [2.45, 2.75) is 23.9 Å². The molecule has 0 N–H and O–H groups in total. The minimum atomic E-state index is -5.36. The van der Waals surface area contributed by atoms with E-state index in [2.05, 4.69) is 0 Å². The Balaban J connectivity index is 5.54. The van der Waals surface area contributed by atoms with Gasteiger partial charge in [0.15, 0.2) is 10.6 Å². The summed E-state index contributed by atoms with van der Waals surface area (Å²) in [5.74, 6) is 0. The molecule has 4 unspecified atom stereocenters. The molecule has 0 bridgehead atoms. The Morgan fingerprint density at radius 1 is 0.786 bits per heavy atom. The van der Waals surface area contributed by atoms with Gasteiger partial charge in [0, 0.05) is 0 Å². The molecule has 14 heavy (non-hydrogen) atoms. The van der Waals surface area contributed by atoms with Crippen molar-refractivity contribution < 1.29 is 26.3 Å². The molecule has 0 saturated heterocycles. The number of alkyl halides is 6. The first-order chi connectivity index (χ1) is 5.75. The maximum Gasteiger partial charge on any atom is 0.404 e. The third-order valence-corrected chi connectivity index (χ3v) is 3.73. The summed E-state index contributed by atoms with van der Waals surface area (Å²) in [6.45, 7) is 0.125. The lowest BCUT2D eigenvalue weighted by Gasteiger charge is -2.42. The molecule has 0 aromatic rings. The second-order valence-corrected chi connectivity index (χ2v) is 6.09. The third-order valence-electron chi connectivity index (χ3n) is 2.00. The van der Waals surface area contributed by atoms with Crippen molar-refractivity contribution in [2.24, 2.45) is 5.41 Å². The molecule has 0 rings (SSSR count). The number of hydrogen-bond acceptors (Lipinski definition) is 0. The zero-order valence-corrected chi connectivity index (χ0v) is 10.5. The molecule has 0 aromatic carbocycles. The van der Waals surface area contributed by atoms with Gasteiger partial charge < -0.3 is 0 Å². The van der Waals surface area contributed by atoms with Crippen molar-refractivity contribution in [2.75, 3.05) is 0 Å². The second-order valence-electron chi connectivity index (χ2n) is 3.01. The third kappa shape index (κ3) is 2.33. The lowest BCUT2D eigenvalue weighted by Crippen LogP contribution is -2.55. The Morgan fingerprint density at radius 3 is 1.07 bits per heavy atom. The predicted molar refractivity (Wildman–Crippen MR) is 52.1 cm³/mol. The summed E-state index contributed by atoms with van der Waals surface area (Å²) in [5, 5.41) is -3.24. The topological polar surface area (TPSA) is 0 Å². The SMILES string of the molecule is CC(C(F)(F)F)(C(F)(F)P)C(F)(P)P. The van der Waals surface area contributed by atoms with Gasteiger partial charge in [-0.3, -0.25) is 0 Å². The van der Waals surface area contributed by atoms with Gasteiger partial charge in [0.25, 0.3) is 5.66 Å². The van der Waals surface area contributed by atoms with Gasteiger partial charge in [0.05, 0.1) is 0 Å². The molecule has 0 heterocycles. The minimum absolute atomic E-state index is 0.125. The largest absolute Gasteiger partial charge is 0.404 e. The molecule has 0 aliphatic heterocycles. The molecule has 4 atom stereocenters. The summed E-state index contributed by atoms with van der Waals surface area (Å²) < 4.78 is 75.6. The molecule has 0 nitrogen and oxygen atoms in total. The van der Waals surface area contributed by atoms with Crippen LogP contribution < -0.4 is 0 Å². The van der Waals surface area contributed by atoms with Crippen molar-refractivity contribution >= 4 is 27.7 Å². The monoisotopic (exact) mass is 276 g/mol. The minimum Gasteiger partial charge on any atom is -0.234 e. The van der Waals surface area contributed by atoms with Crippen LogP contribution in [0.5, 0.6) is 0 Å². The van der Waals surface area contributed by atoms with Crippen molar-refractivity contribution in [1.82, 2.24) is 0 Å². The quantitative estimate of drug-likeness (QED) is 0.535. The van der Waals surface area contributed by atoms with Gasteiger partial charge in [-0.1, -0.05) is 27.7 Å². The summed E-state index contributed by atoms with van der Waals surface area (Å²) >= 11 is 0. The standard InChI is InChI=1S/C5H9F6P3/c1-2(3(6,7)8,4(9,10)12)5(11,13)14/h12-14H2,1H3. The summed E-state index contributed by atoms with van der Waals surface area (Å²) in [4.78, 5) is 0. The highest BCUT2D eigenvalue weighted by Crippen LogP contribution is 2.63. The summed E-state index contributed by atoms with van der Waals surface area (Å²) in [7, 11) is 2.95. The average Bonchev–Trinajstić information content (AvgIpc) is 1.77. The lowest BCUT2D eigenvalue weighted by atomic mass is 9.91. The molecule has 0 aliphatic carbocycles. The molecule has 0 amide bonds. The van der Waals surface area contributed by atoms with E-state index in [0.29, 0.717) is 9.24 Å². The van der Waals surface area contributed by atoms with Crippen LogP contribution in [0.3, 0.4) is 0 Å². The Labute approximate surface area is 84.2 Å². The maximum atomic E-state index is 13.1. The fraction of sp³-hybridized carbons (Fsp3) is 1.00. The molecule has 0 radical (unpaired) electrons. The molecule has 0 saturated carbocycles. The zero-order valence-electron chi connectivity index (χ0n) is 7.00. The molecular formula is C5H9F6P3. The highest BCUT2D eigenvalue weighted by atomic mass is 31.1. The van der Waals surface area contributed by atoms with Crippen LogP contribution in [0.25, 0.3) is 0 Å². The van der Waals surface area contributed by atoms with E-state index in [0.717, 1.165) is 18.5 Å². The van der Waals surface area contributed by atoms with E-state index in [4.69, 9.17) is 0 Å². The molecule has 0 aromatic heterocycles. The Hall–Kier alpha value is 0.870. The van der Waals surface area contributed by atoms with E-state index in [1.807, 2.05) is 0 Å². The van der Waals surface area contributed by atoms with Gasteiger partial charge in [-0.15, -0.1) is 0 Å². The van der Waals surface area contributed by atoms with Crippen LogP contribution in [0.15, 0.2) is 0 Å². The molecular weight excluding hydrogens is 267 g/mol. The van der Waals surface area contributed by atoms with Gasteiger partial charge in [-0.2, -0.15) is 13.2 Å². The Bertz CT molecular complexity index is 175. The van der Waals surface area contributed by atoms with Gasteiger partial charge in [-0.05, 0) is 6.92 Å². The van der Waals surface area contributed by atoms with Crippen molar-refractivity contribution in [1.29, 1.82) is 0 Å². The van der Waals surface area contributed by atoms with Crippen LogP contribution in [0, 0.1) is 5.41 Å². The highest BCUT2D eigenvalue weighted by molar-refractivity contribution is 7.39. The lowest BCUT2D eigenvalue weighted by molar-refractivity contribution is -0.281. The fourth-order valence-corrected chi connectivity index (χ4v) is 2.09. The van der Waals surface area contributed by atoms with E-state index in [9.17, 15) is 26.3 Å². The van der Waals surface area contributed by atoms with Crippen LogP contribution in [-0.2, 0) is 0 Å². The molecule has 9 heteroatoms. The van der Waals surface area contributed by atoms with Gasteiger partial charge >= 0.3 is 6.18 Å². The van der Waals surface area contributed by atoms with Crippen LogP contribution >= 0.6 is 27.7 Å². The van der Waals surface area contributed by atoms with Crippen LogP contribution in [0.1, 0.15) is 6.92 Å². The van der Waals surface area contributed by atoms with Crippen molar-refractivity contribution in [3.05, 3.63) is 0 Å². The van der Waals surface area contributed by atoms with Gasteiger partial charge in [0.2, 0.25) is 0 Å². The van der Waals surface area contributed by atoms with Gasteiger partial charge in [-0.25, -0.2) is 13.2 Å². The normalized spacial score (nSPS) is 19.3. The first-order valence-corrected chi connectivity index (χ1v) is 4.98. The average molecular weight is 276 g/mol. The molecule has 86 valence electrons. The predicted octanol–water partition coefficient (Wildman–Crippen LogP) is 3.40. The van der Waals surface area contributed by atoms with Crippen LogP contribution in [-0.4, -0.2) is 17.0 Å². The number of hydrogen-bond donors (Lipinski definition) is 0. The van der Waals surface area contributed by atoms with E-state index in [1.165, 1.54) is 0 Å². The van der Waals surface area contributed by atoms with Crippen LogP contribution in [0.2, 0.25) is 0 Å². The first-order valence-electron chi connectivity index (χ1n) is 3.25. The highest BCUT2D eigenvalue weighted by Gasteiger charge is 2.72. The van der Waals surface area contributed by atoms with E-state index in [-0.39, 0.29) is 6.92 Å². The molecule has 0 fully saturated rings. The summed E-state index contributed by atoms with van der Waals surface area (Å²) in [6.07, 6.45) is -5.36. The zero-order chi connectivity index (χ0) is 12.0. The number of rotatable bonds is 2. The van der Waals surface area contributed by atoms with E-state index in [1.54, 1.807) is 0 Å². The second kappa shape index (κ2) is 3.71. The van der Waals surface area contributed by atoms with E-state index >= 15 is 0 Å². The van der Waals surface area contributed by atoms with Crippen molar-refractivity contribution in [3.63, 3.8) is 0 Å². The van der Waals surface area contributed by atoms with Crippen molar-refractivity contribution in [3.8, 4) is 0 Å². The smallest absolute Gasteiger partial charge is 0.234 e. The Kier molecular flexibility index (Phi) is 3.95. The summed E-state index contributed by atoms with van der Waals surface area (Å²) in [5.41, 5.74) is -8.10. The molecule has 0 spiro atoms. The summed E-state index contributed by atoms with van der Waals surface area (Å²) in [6, 6.07) is 0. The fourth-order valence-electron chi connectivity index (χ4n) is 0.662. The maximum absolute atomic E-state index is 13.1.